The molecule has 0 N–H and O–H groups in total. The minimum absolute atomic E-state index is 0.708. The zero-order valence-corrected chi connectivity index (χ0v) is 3.72. The molecular weight excluding hydrogens is 78.0 g/mol. The zero-order chi connectivity index (χ0) is 4.41. The molecule has 0 unspecified atom stereocenters. The molecule has 1 heterocycles. The van der Waals surface area contributed by atoms with Crippen LogP contribution in [0.3, 0.4) is 0 Å². The summed E-state index contributed by atoms with van der Waals surface area (Å²) in [7, 11) is 1.96. The Hall–Kier alpha value is -0.660. The van der Waals surface area contributed by atoms with Crippen LogP contribution in [0.15, 0.2) is 12.5 Å². The number of hydrogen-bond acceptors (Lipinski definition) is 2. The van der Waals surface area contributed by atoms with Crippen molar-refractivity contribution in [3.8, 4) is 0 Å². The quantitative estimate of drug-likeness (QED) is 0.421. The summed E-state index contributed by atoms with van der Waals surface area (Å²) in [5.74, 6) is 0. The highest BCUT2D eigenvalue weighted by molar-refractivity contribution is 4.75. The lowest BCUT2D eigenvalue weighted by molar-refractivity contribution is 0.191. The molecule has 0 amide bonds. The molecule has 0 saturated heterocycles. The summed E-state index contributed by atoms with van der Waals surface area (Å²) < 4.78 is 4.80. The lowest BCUT2D eigenvalue weighted by atomic mass is 10.9. The van der Waals surface area contributed by atoms with Gasteiger partial charge in [0.05, 0.1) is 0 Å². The van der Waals surface area contributed by atoms with E-state index in [9.17, 15) is 0 Å². The zero-order valence-electron chi connectivity index (χ0n) is 3.72. The van der Waals surface area contributed by atoms with E-state index in [1.54, 1.807) is 6.26 Å². The van der Waals surface area contributed by atoms with E-state index in [-0.39, 0.29) is 0 Å². The molecule has 34 valence electrons. The Kier molecular flexibility index (Phi) is 0.708. The third-order valence-electron chi connectivity index (χ3n) is 0.690. The van der Waals surface area contributed by atoms with E-state index >= 15 is 0 Å². The number of hydrogen-bond donors (Lipinski definition) is 0. The lowest BCUT2D eigenvalue weighted by Gasteiger charge is -2.00. The predicted molar refractivity (Wildman–Crippen MR) is 22.9 cm³/mol. The Morgan fingerprint density at radius 1 is 1.83 bits per heavy atom. The van der Waals surface area contributed by atoms with Gasteiger partial charge in [0.15, 0.2) is 6.73 Å². The molecule has 1 aliphatic rings. The van der Waals surface area contributed by atoms with Gasteiger partial charge in [-0.3, -0.25) is 0 Å². The molecule has 0 aliphatic carbocycles. The third kappa shape index (κ3) is 0.455. The first kappa shape index (κ1) is 3.53. The second-order valence-corrected chi connectivity index (χ2v) is 1.34. The van der Waals surface area contributed by atoms with Gasteiger partial charge >= 0.3 is 0 Å². The van der Waals surface area contributed by atoms with E-state index in [2.05, 4.69) is 0 Å². The average molecular weight is 85.1 g/mol. The minimum atomic E-state index is 0.708. The topological polar surface area (TPSA) is 12.5 Å². The summed E-state index contributed by atoms with van der Waals surface area (Å²) in [6, 6.07) is 0. The Balaban J connectivity index is 2.38. The monoisotopic (exact) mass is 85.1 g/mol. The molecule has 0 radical (unpaired) electrons. The van der Waals surface area contributed by atoms with Crippen molar-refractivity contribution in [1.29, 1.82) is 0 Å². The smallest absolute Gasteiger partial charge is 0.160 e. The molecule has 6 heavy (non-hydrogen) atoms. The van der Waals surface area contributed by atoms with Gasteiger partial charge in [-0.2, -0.15) is 0 Å². The molecule has 1 rings (SSSR count). The van der Waals surface area contributed by atoms with Gasteiger partial charge in [0.1, 0.15) is 6.26 Å². The highest BCUT2D eigenvalue weighted by Crippen LogP contribution is 1.93. The van der Waals surface area contributed by atoms with E-state index < -0.39 is 0 Å². The van der Waals surface area contributed by atoms with Crippen LogP contribution in [0.25, 0.3) is 0 Å². The Morgan fingerprint density at radius 3 is 2.83 bits per heavy atom. The molecule has 0 aromatic carbocycles. The van der Waals surface area contributed by atoms with Crippen molar-refractivity contribution < 1.29 is 4.74 Å². The lowest BCUT2D eigenvalue weighted by Crippen LogP contribution is -2.05. The highest BCUT2D eigenvalue weighted by Gasteiger charge is 1.92. The number of rotatable bonds is 0. The molecule has 1 aliphatic heterocycles. The number of nitrogens with zero attached hydrogens (tertiary/aromatic N) is 1. The summed E-state index contributed by atoms with van der Waals surface area (Å²) >= 11 is 0. The van der Waals surface area contributed by atoms with Crippen molar-refractivity contribution in [2.75, 3.05) is 13.8 Å². The van der Waals surface area contributed by atoms with Gasteiger partial charge in [-0.15, -0.1) is 0 Å². The SMILES string of the molecule is CN1C=COC1. The van der Waals surface area contributed by atoms with Crippen LogP contribution in [0.4, 0.5) is 0 Å². The Bertz CT molecular complexity index is 69.9. The summed E-state index contributed by atoms with van der Waals surface area (Å²) in [4.78, 5) is 1.96. The van der Waals surface area contributed by atoms with Crippen molar-refractivity contribution in [3.05, 3.63) is 12.5 Å². The summed E-state index contributed by atoms with van der Waals surface area (Å²) in [5, 5.41) is 0. The fraction of sp³-hybridized carbons (Fsp3) is 0.500. The van der Waals surface area contributed by atoms with Gasteiger partial charge in [-0.1, -0.05) is 0 Å². The summed E-state index contributed by atoms with van der Waals surface area (Å²) in [5.41, 5.74) is 0. The third-order valence-corrected chi connectivity index (χ3v) is 0.690. The molecule has 0 bridgehead atoms. The van der Waals surface area contributed by atoms with Crippen LogP contribution in [0, 0.1) is 0 Å². The Labute approximate surface area is 37.0 Å². The normalized spacial score (nSPS) is 18.5. The van der Waals surface area contributed by atoms with Crippen molar-refractivity contribution >= 4 is 0 Å². The molecule has 0 saturated carbocycles. The van der Waals surface area contributed by atoms with E-state index in [4.69, 9.17) is 4.74 Å². The van der Waals surface area contributed by atoms with Gasteiger partial charge in [0.2, 0.25) is 0 Å². The first-order chi connectivity index (χ1) is 2.89. The summed E-state index contributed by atoms with van der Waals surface area (Å²) in [6.07, 6.45) is 3.57. The second-order valence-electron chi connectivity index (χ2n) is 1.34. The molecule has 0 spiro atoms. The first-order valence-corrected chi connectivity index (χ1v) is 1.88. The van der Waals surface area contributed by atoms with E-state index in [0.29, 0.717) is 6.73 Å². The Morgan fingerprint density at radius 2 is 2.67 bits per heavy atom. The van der Waals surface area contributed by atoms with Crippen LogP contribution in [0.2, 0.25) is 0 Å². The van der Waals surface area contributed by atoms with E-state index in [1.807, 2.05) is 18.1 Å². The van der Waals surface area contributed by atoms with Crippen molar-refractivity contribution in [2.45, 2.75) is 0 Å². The second kappa shape index (κ2) is 1.20. The van der Waals surface area contributed by atoms with Gasteiger partial charge in [-0.05, 0) is 0 Å². The largest absolute Gasteiger partial charge is 0.479 e. The highest BCUT2D eigenvalue weighted by atomic mass is 16.5. The van der Waals surface area contributed by atoms with Crippen molar-refractivity contribution in [3.63, 3.8) is 0 Å². The molecule has 2 heteroatoms. The molecule has 0 atom stereocenters. The van der Waals surface area contributed by atoms with Crippen LogP contribution in [-0.2, 0) is 4.74 Å². The maximum absolute atomic E-state index is 4.80. The van der Waals surface area contributed by atoms with Gasteiger partial charge in [0.25, 0.3) is 0 Å². The van der Waals surface area contributed by atoms with Crippen LogP contribution in [-0.4, -0.2) is 18.7 Å². The average Bonchev–Trinajstić information content (AvgIpc) is 1.86. The predicted octanol–water partition coefficient (Wildman–Crippen LogP) is 0.377. The summed E-state index contributed by atoms with van der Waals surface area (Å²) in [6.45, 7) is 0.708. The molecule has 2 nitrogen and oxygen atoms in total. The van der Waals surface area contributed by atoms with Crippen LogP contribution in [0.5, 0.6) is 0 Å². The molecular formula is C4H7NO. The van der Waals surface area contributed by atoms with Crippen LogP contribution >= 0.6 is 0 Å². The minimum Gasteiger partial charge on any atom is -0.479 e. The molecule has 0 aromatic rings. The first-order valence-electron chi connectivity index (χ1n) is 1.88. The van der Waals surface area contributed by atoms with E-state index in [1.165, 1.54) is 0 Å². The van der Waals surface area contributed by atoms with Gasteiger partial charge in [0, 0.05) is 13.2 Å². The van der Waals surface area contributed by atoms with Gasteiger partial charge in [-0.25, -0.2) is 0 Å². The van der Waals surface area contributed by atoms with Crippen LogP contribution < -0.4 is 0 Å². The fourth-order valence-electron chi connectivity index (χ4n) is 0.351. The molecule has 0 fully saturated rings. The maximum Gasteiger partial charge on any atom is 0.160 e. The van der Waals surface area contributed by atoms with E-state index in [0.717, 1.165) is 0 Å². The van der Waals surface area contributed by atoms with Crippen molar-refractivity contribution in [2.24, 2.45) is 0 Å². The fourth-order valence-corrected chi connectivity index (χ4v) is 0.351. The van der Waals surface area contributed by atoms with Crippen LogP contribution in [0.1, 0.15) is 0 Å². The number of ether oxygens (including phenoxy) is 1. The van der Waals surface area contributed by atoms with Crippen molar-refractivity contribution in [1.82, 2.24) is 4.90 Å². The standard InChI is InChI=1S/C4H7NO/c1-5-2-3-6-4-5/h2-3H,4H2,1H3. The molecule has 0 aromatic heterocycles. The maximum atomic E-state index is 4.80. The van der Waals surface area contributed by atoms with Gasteiger partial charge < -0.3 is 9.64 Å².